The highest BCUT2D eigenvalue weighted by atomic mass is 79.9. The first-order valence-corrected chi connectivity index (χ1v) is 6.76. The normalized spacial score (nSPS) is 18.8. The molecule has 1 amide bonds. The molecule has 1 atom stereocenters. The van der Waals surface area contributed by atoms with E-state index in [9.17, 15) is 14.0 Å². The minimum Gasteiger partial charge on any atom is -0.467 e. The van der Waals surface area contributed by atoms with Crippen LogP contribution in [0, 0.1) is 5.82 Å². The molecule has 0 bridgehead atoms. The van der Waals surface area contributed by atoms with Crippen LogP contribution in [0.5, 0.6) is 0 Å². The van der Waals surface area contributed by atoms with E-state index < -0.39 is 17.9 Å². The number of methoxy groups -OCH3 is 1. The summed E-state index contributed by atoms with van der Waals surface area (Å²) in [6.07, 6.45) is -0.801. The van der Waals surface area contributed by atoms with Crippen LogP contribution in [-0.4, -0.2) is 49.7 Å². The van der Waals surface area contributed by atoms with Gasteiger partial charge < -0.3 is 14.4 Å². The zero-order chi connectivity index (χ0) is 14.7. The lowest BCUT2D eigenvalue weighted by molar-refractivity contribution is -0.158. The summed E-state index contributed by atoms with van der Waals surface area (Å²) < 4.78 is 23.4. The second-order valence-electron chi connectivity index (χ2n) is 4.24. The summed E-state index contributed by atoms with van der Waals surface area (Å²) in [7, 11) is 1.26. The molecule has 1 aromatic carbocycles. The van der Waals surface area contributed by atoms with Crippen LogP contribution in [0.15, 0.2) is 22.7 Å². The number of esters is 1. The molecule has 0 spiro atoms. The van der Waals surface area contributed by atoms with E-state index >= 15 is 0 Å². The Kier molecular flexibility index (Phi) is 4.72. The van der Waals surface area contributed by atoms with Gasteiger partial charge in [0.2, 0.25) is 0 Å². The summed E-state index contributed by atoms with van der Waals surface area (Å²) in [6.45, 7) is 0.669. The summed E-state index contributed by atoms with van der Waals surface area (Å²) in [5.74, 6) is -1.39. The number of hydrogen-bond acceptors (Lipinski definition) is 4. The van der Waals surface area contributed by atoms with Crippen molar-refractivity contribution in [2.45, 2.75) is 6.10 Å². The van der Waals surface area contributed by atoms with E-state index in [-0.39, 0.29) is 29.1 Å². The number of morpholine rings is 1. The van der Waals surface area contributed by atoms with Gasteiger partial charge in [-0.1, -0.05) is 6.07 Å². The average Bonchev–Trinajstić information content (AvgIpc) is 2.48. The predicted molar refractivity (Wildman–Crippen MR) is 71.8 cm³/mol. The highest BCUT2D eigenvalue weighted by molar-refractivity contribution is 9.10. The molecule has 1 saturated heterocycles. The molecule has 1 aliphatic heterocycles. The van der Waals surface area contributed by atoms with Gasteiger partial charge in [-0.3, -0.25) is 4.79 Å². The summed E-state index contributed by atoms with van der Waals surface area (Å²) in [5.41, 5.74) is 0.218. The van der Waals surface area contributed by atoms with Crippen molar-refractivity contribution in [1.29, 1.82) is 0 Å². The van der Waals surface area contributed by atoms with Crippen molar-refractivity contribution in [2.24, 2.45) is 0 Å². The number of amides is 1. The molecule has 2 rings (SSSR count). The van der Waals surface area contributed by atoms with Crippen molar-refractivity contribution in [1.82, 2.24) is 4.90 Å². The Morgan fingerprint density at radius 3 is 2.95 bits per heavy atom. The lowest BCUT2D eigenvalue weighted by atomic mass is 10.1. The van der Waals surface area contributed by atoms with E-state index in [4.69, 9.17) is 4.74 Å². The molecule has 1 fully saturated rings. The van der Waals surface area contributed by atoms with Gasteiger partial charge in [0.15, 0.2) is 6.10 Å². The summed E-state index contributed by atoms with van der Waals surface area (Å²) >= 11 is 3.06. The summed E-state index contributed by atoms with van der Waals surface area (Å²) in [5, 5.41) is 0. The van der Waals surface area contributed by atoms with E-state index in [0.717, 1.165) is 0 Å². The SMILES string of the molecule is COC(=O)C1CN(C(=O)c2cccc(F)c2Br)CCO1. The lowest BCUT2D eigenvalue weighted by Gasteiger charge is -2.31. The standard InChI is InChI=1S/C13H13BrFNO4/c1-19-13(18)10-7-16(5-6-20-10)12(17)8-3-2-4-9(15)11(8)14/h2-4,10H,5-7H2,1H3. The largest absolute Gasteiger partial charge is 0.467 e. The van der Waals surface area contributed by atoms with Crippen molar-refractivity contribution in [3.63, 3.8) is 0 Å². The molecule has 1 aliphatic rings. The number of carbonyl (C=O) groups is 2. The van der Waals surface area contributed by atoms with Crippen LogP contribution >= 0.6 is 15.9 Å². The molecule has 1 heterocycles. The zero-order valence-electron chi connectivity index (χ0n) is 10.8. The van der Waals surface area contributed by atoms with Gasteiger partial charge in [-0.15, -0.1) is 0 Å². The van der Waals surface area contributed by atoms with Crippen LogP contribution in [0.3, 0.4) is 0 Å². The Balaban J connectivity index is 2.16. The van der Waals surface area contributed by atoms with Crippen LogP contribution in [-0.2, 0) is 14.3 Å². The van der Waals surface area contributed by atoms with Crippen LogP contribution in [0.2, 0.25) is 0 Å². The fourth-order valence-electron chi connectivity index (χ4n) is 1.95. The minimum absolute atomic E-state index is 0.0917. The van der Waals surface area contributed by atoms with Crippen LogP contribution in [0.25, 0.3) is 0 Å². The van der Waals surface area contributed by atoms with E-state index in [0.29, 0.717) is 6.54 Å². The molecule has 20 heavy (non-hydrogen) atoms. The molecule has 0 radical (unpaired) electrons. The molecule has 0 saturated carbocycles. The molecular formula is C13H13BrFNO4. The molecule has 1 aromatic rings. The molecule has 108 valence electrons. The first kappa shape index (κ1) is 14.9. The zero-order valence-corrected chi connectivity index (χ0v) is 12.4. The number of nitrogens with zero attached hydrogens (tertiary/aromatic N) is 1. The van der Waals surface area contributed by atoms with E-state index in [1.54, 1.807) is 0 Å². The number of carbonyl (C=O) groups excluding carboxylic acids is 2. The second kappa shape index (κ2) is 6.32. The van der Waals surface area contributed by atoms with Gasteiger partial charge in [0.25, 0.3) is 5.91 Å². The Labute approximate surface area is 123 Å². The van der Waals surface area contributed by atoms with Crippen LogP contribution < -0.4 is 0 Å². The number of ether oxygens (including phenoxy) is 2. The molecule has 0 aromatic heterocycles. The van der Waals surface area contributed by atoms with Gasteiger partial charge in [-0.2, -0.15) is 0 Å². The van der Waals surface area contributed by atoms with Crippen LogP contribution in [0.1, 0.15) is 10.4 Å². The summed E-state index contributed by atoms with van der Waals surface area (Å²) in [6, 6.07) is 4.25. The first-order valence-electron chi connectivity index (χ1n) is 5.97. The molecular weight excluding hydrogens is 333 g/mol. The highest BCUT2D eigenvalue weighted by Crippen LogP contribution is 2.22. The Morgan fingerprint density at radius 2 is 2.25 bits per heavy atom. The maximum Gasteiger partial charge on any atom is 0.336 e. The van der Waals surface area contributed by atoms with E-state index in [1.165, 1.54) is 30.2 Å². The van der Waals surface area contributed by atoms with Crippen molar-refractivity contribution in [2.75, 3.05) is 26.8 Å². The number of hydrogen-bond donors (Lipinski definition) is 0. The van der Waals surface area contributed by atoms with Gasteiger partial charge in [-0.05, 0) is 28.1 Å². The van der Waals surface area contributed by atoms with Crippen molar-refractivity contribution < 1.29 is 23.5 Å². The van der Waals surface area contributed by atoms with Gasteiger partial charge >= 0.3 is 5.97 Å². The quantitative estimate of drug-likeness (QED) is 0.764. The molecule has 0 aliphatic carbocycles. The average molecular weight is 346 g/mol. The fraction of sp³-hybridized carbons (Fsp3) is 0.385. The predicted octanol–water partition coefficient (Wildman–Crippen LogP) is 1.60. The third kappa shape index (κ3) is 2.99. The number of benzene rings is 1. The number of halogens is 2. The van der Waals surface area contributed by atoms with E-state index in [1.807, 2.05) is 0 Å². The van der Waals surface area contributed by atoms with E-state index in [2.05, 4.69) is 20.7 Å². The van der Waals surface area contributed by atoms with Crippen LogP contribution in [0.4, 0.5) is 4.39 Å². The smallest absolute Gasteiger partial charge is 0.336 e. The van der Waals surface area contributed by atoms with Gasteiger partial charge in [0.05, 0.1) is 30.3 Å². The highest BCUT2D eigenvalue weighted by Gasteiger charge is 2.31. The minimum atomic E-state index is -0.801. The number of rotatable bonds is 2. The third-order valence-electron chi connectivity index (χ3n) is 3.00. The topological polar surface area (TPSA) is 55.8 Å². The Morgan fingerprint density at radius 1 is 1.50 bits per heavy atom. The molecule has 1 unspecified atom stereocenters. The van der Waals surface area contributed by atoms with Gasteiger partial charge in [0, 0.05) is 6.54 Å². The van der Waals surface area contributed by atoms with Crippen molar-refractivity contribution in [3.05, 3.63) is 34.1 Å². The van der Waals surface area contributed by atoms with Crippen molar-refractivity contribution in [3.8, 4) is 0 Å². The maximum atomic E-state index is 13.4. The fourth-order valence-corrected chi connectivity index (χ4v) is 2.38. The second-order valence-corrected chi connectivity index (χ2v) is 5.03. The van der Waals surface area contributed by atoms with Gasteiger partial charge in [-0.25, -0.2) is 9.18 Å². The maximum absolute atomic E-state index is 13.4. The Bertz CT molecular complexity index is 537. The monoisotopic (exact) mass is 345 g/mol. The van der Waals surface area contributed by atoms with Gasteiger partial charge in [0.1, 0.15) is 5.82 Å². The lowest BCUT2D eigenvalue weighted by Crippen LogP contribution is -2.49. The Hall–Kier alpha value is -1.47. The molecule has 7 heteroatoms. The first-order chi connectivity index (χ1) is 9.54. The molecule has 5 nitrogen and oxygen atoms in total. The summed E-state index contributed by atoms with van der Waals surface area (Å²) in [4.78, 5) is 25.2. The van der Waals surface area contributed by atoms with Crippen molar-refractivity contribution >= 4 is 27.8 Å². The third-order valence-corrected chi connectivity index (χ3v) is 3.81. The molecule has 0 N–H and O–H groups in total.